The Hall–Kier alpha value is -4.26. The zero-order chi connectivity index (χ0) is 25.6. The molecule has 180 valence electrons. The van der Waals surface area contributed by atoms with E-state index in [2.05, 4.69) is 139 Å². The van der Waals surface area contributed by atoms with Crippen LogP contribution in [0.5, 0.6) is 0 Å². The fourth-order valence-electron chi connectivity index (χ4n) is 5.27. The summed E-state index contributed by atoms with van der Waals surface area (Å²) in [6, 6.07) is 42.1. The molecule has 4 aromatic carbocycles. The lowest BCUT2D eigenvalue weighted by molar-refractivity contribution is -0.667. The quantitative estimate of drug-likeness (QED) is 0.147. The molecule has 0 amide bonds. The third-order valence-corrected chi connectivity index (χ3v) is 6.99. The van der Waals surface area contributed by atoms with E-state index in [1.807, 2.05) is 0 Å². The molecular formula is C34H28N2S. The maximum absolute atomic E-state index is 7.13. The minimum Gasteiger partial charge on any atom is -0.696 e. The number of benzene rings is 4. The first-order valence-corrected chi connectivity index (χ1v) is 13.0. The molecule has 2 nitrogen and oxygen atoms in total. The zero-order valence-electron chi connectivity index (χ0n) is 20.9. The van der Waals surface area contributed by atoms with Crippen molar-refractivity contribution in [1.29, 1.82) is 5.26 Å². The summed E-state index contributed by atoms with van der Waals surface area (Å²) >= 11 is 3.70. The molecule has 3 heteroatoms. The Balaban J connectivity index is 0.000000892. The summed E-state index contributed by atoms with van der Waals surface area (Å²) in [5.74, 6) is 0. The highest BCUT2D eigenvalue weighted by Gasteiger charge is 2.32. The second-order valence-corrected chi connectivity index (χ2v) is 9.51. The minimum absolute atomic E-state index is 0.843. The number of aryl methyl sites for hydroxylation is 2. The third kappa shape index (κ3) is 5.16. The van der Waals surface area contributed by atoms with E-state index in [1.54, 1.807) is 0 Å². The van der Waals surface area contributed by atoms with Crippen LogP contribution in [0.2, 0.25) is 0 Å². The van der Waals surface area contributed by atoms with Crippen LogP contribution in [-0.2, 0) is 32.0 Å². The Morgan fingerprint density at radius 1 is 0.730 bits per heavy atom. The maximum Gasteiger partial charge on any atom is 0.217 e. The number of nitrogens with zero attached hydrogens (tertiary/aromatic N) is 2. The predicted octanol–water partition coefficient (Wildman–Crippen LogP) is 7.44. The smallest absolute Gasteiger partial charge is 0.217 e. The van der Waals surface area contributed by atoms with Crippen molar-refractivity contribution >= 4 is 12.6 Å². The van der Waals surface area contributed by atoms with Crippen molar-refractivity contribution in [3.63, 3.8) is 0 Å². The average Bonchev–Trinajstić information content (AvgIpc) is 2.95. The lowest BCUT2D eigenvalue weighted by atomic mass is 9.83. The van der Waals surface area contributed by atoms with Gasteiger partial charge < -0.3 is 12.6 Å². The summed E-state index contributed by atoms with van der Waals surface area (Å²) in [6.07, 6.45) is 2.14. The highest BCUT2D eigenvalue weighted by atomic mass is 32.1. The molecule has 0 fully saturated rings. The van der Waals surface area contributed by atoms with E-state index in [0.29, 0.717) is 0 Å². The molecule has 0 unspecified atom stereocenters. The monoisotopic (exact) mass is 496 g/mol. The molecule has 1 aliphatic rings. The molecule has 5 aromatic rings. The third-order valence-electron chi connectivity index (χ3n) is 6.99. The fourth-order valence-corrected chi connectivity index (χ4v) is 5.27. The maximum atomic E-state index is 7.13. The van der Waals surface area contributed by atoms with Crippen molar-refractivity contribution in [2.75, 3.05) is 0 Å². The SMILES string of the molecule is Cc1ccc(C[n+]2c(-c3ccccc3)cc(-c3ccccc3)c3c2-c2ccccc2CC3)cc1.N#C[S-]. The van der Waals surface area contributed by atoms with Gasteiger partial charge in [0.15, 0.2) is 6.54 Å². The van der Waals surface area contributed by atoms with Gasteiger partial charge in [0.1, 0.15) is 0 Å². The van der Waals surface area contributed by atoms with E-state index in [1.165, 1.54) is 61.3 Å². The van der Waals surface area contributed by atoms with Crippen LogP contribution in [0.1, 0.15) is 22.3 Å². The van der Waals surface area contributed by atoms with Crippen molar-refractivity contribution in [2.45, 2.75) is 26.3 Å². The summed E-state index contributed by atoms with van der Waals surface area (Å²) in [6.45, 7) is 3.00. The first-order chi connectivity index (χ1) is 18.2. The van der Waals surface area contributed by atoms with Crippen LogP contribution in [0, 0.1) is 17.6 Å². The van der Waals surface area contributed by atoms with E-state index >= 15 is 0 Å². The second-order valence-electron chi connectivity index (χ2n) is 9.32. The van der Waals surface area contributed by atoms with E-state index < -0.39 is 0 Å². The Labute approximate surface area is 224 Å². The van der Waals surface area contributed by atoms with Crippen LogP contribution in [0.4, 0.5) is 0 Å². The standard InChI is InChI=1S/C33H28N.CHNS/c1-24-16-18-25(19-17-24)23-34-32(28-13-6-3-7-14-28)22-31(26-10-4-2-5-11-26)30-21-20-27-12-8-9-15-29(27)33(30)34;2-1-3/h2-19,22H,20-21,23H2,1H3;3H/q+1;/p-1. The van der Waals surface area contributed by atoms with E-state index in [-0.39, 0.29) is 0 Å². The molecule has 0 aliphatic heterocycles. The normalized spacial score (nSPS) is 11.4. The first-order valence-electron chi connectivity index (χ1n) is 12.5. The Kier molecular flexibility index (Phi) is 7.40. The summed E-state index contributed by atoms with van der Waals surface area (Å²) < 4.78 is 2.56. The van der Waals surface area contributed by atoms with Crippen molar-refractivity contribution in [2.24, 2.45) is 0 Å². The van der Waals surface area contributed by atoms with Gasteiger partial charge >= 0.3 is 0 Å². The number of nitriles is 1. The van der Waals surface area contributed by atoms with E-state index in [9.17, 15) is 0 Å². The van der Waals surface area contributed by atoms with E-state index in [4.69, 9.17) is 5.26 Å². The Bertz CT molecular complexity index is 1550. The van der Waals surface area contributed by atoms with Crippen molar-refractivity contribution in [1.82, 2.24) is 0 Å². The molecule has 0 radical (unpaired) electrons. The van der Waals surface area contributed by atoms with Crippen LogP contribution >= 0.6 is 0 Å². The summed E-state index contributed by atoms with van der Waals surface area (Å²) in [4.78, 5) is 0. The topological polar surface area (TPSA) is 27.7 Å². The van der Waals surface area contributed by atoms with Crippen LogP contribution in [-0.4, -0.2) is 0 Å². The molecule has 0 saturated heterocycles. The van der Waals surface area contributed by atoms with Crippen molar-refractivity contribution < 1.29 is 4.57 Å². The molecule has 6 rings (SSSR count). The minimum atomic E-state index is 0.843. The zero-order valence-corrected chi connectivity index (χ0v) is 21.7. The highest BCUT2D eigenvalue weighted by molar-refractivity contribution is 7.64. The molecule has 0 N–H and O–H groups in total. The molecule has 37 heavy (non-hydrogen) atoms. The summed E-state index contributed by atoms with van der Waals surface area (Å²) in [5, 5.41) is 8.47. The van der Waals surface area contributed by atoms with Gasteiger partial charge in [-0.1, -0.05) is 102 Å². The van der Waals surface area contributed by atoms with Gasteiger partial charge in [0.25, 0.3) is 0 Å². The number of rotatable bonds is 4. The van der Waals surface area contributed by atoms with Gasteiger partial charge in [0.2, 0.25) is 11.4 Å². The van der Waals surface area contributed by atoms with Gasteiger partial charge in [0, 0.05) is 28.3 Å². The molecule has 0 saturated carbocycles. The highest BCUT2D eigenvalue weighted by Crippen LogP contribution is 2.39. The summed E-state index contributed by atoms with van der Waals surface area (Å²) in [5.41, 5.74) is 13.4. The Morgan fingerprint density at radius 3 is 2.00 bits per heavy atom. The molecule has 0 atom stereocenters. The molecule has 0 bridgehead atoms. The van der Waals surface area contributed by atoms with Gasteiger partial charge in [-0.05, 0) is 54.7 Å². The van der Waals surface area contributed by atoms with Gasteiger partial charge in [-0.3, -0.25) is 0 Å². The second kappa shape index (κ2) is 11.2. The molecule has 1 aromatic heterocycles. The molecule has 1 aliphatic carbocycles. The number of aromatic nitrogens is 1. The van der Waals surface area contributed by atoms with Crippen LogP contribution in [0.15, 0.2) is 115 Å². The number of hydrogen-bond donors (Lipinski definition) is 0. The predicted molar refractivity (Wildman–Crippen MR) is 154 cm³/mol. The van der Waals surface area contributed by atoms with Crippen LogP contribution in [0.25, 0.3) is 33.6 Å². The van der Waals surface area contributed by atoms with Crippen molar-refractivity contribution in [3.05, 3.63) is 138 Å². The molecule has 1 heterocycles. The number of hydrogen-bond acceptors (Lipinski definition) is 2. The fraction of sp³-hybridized carbons (Fsp3) is 0.118. The number of pyridine rings is 1. The number of thiocyanates is 1. The van der Waals surface area contributed by atoms with Gasteiger partial charge in [-0.25, -0.2) is 5.26 Å². The summed E-state index contributed by atoms with van der Waals surface area (Å²) in [7, 11) is 0. The van der Waals surface area contributed by atoms with Gasteiger partial charge in [-0.15, -0.1) is 0 Å². The molecular weight excluding hydrogens is 468 g/mol. The van der Waals surface area contributed by atoms with E-state index in [0.717, 1.165) is 19.4 Å². The van der Waals surface area contributed by atoms with Crippen LogP contribution in [0.3, 0.4) is 0 Å². The van der Waals surface area contributed by atoms with Gasteiger partial charge in [-0.2, -0.15) is 4.57 Å². The molecule has 0 spiro atoms. The largest absolute Gasteiger partial charge is 0.696 e. The van der Waals surface area contributed by atoms with Crippen LogP contribution < -0.4 is 4.57 Å². The first kappa shape index (κ1) is 24.4. The lowest BCUT2D eigenvalue weighted by Crippen LogP contribution is -2.41. The van der Waals surface area contributed by atoms with Crippen molar-refractivity contribution in [3.8, 4) is 39.0 Å². The average molecular weight is 497 g/mol. The lowest BCUT2D eigenvalue weighted by Gasteiger charge is -2.23. The Morgan fingerprint density at radius 2 is 1.32 bits per heavy atom. The number of fused-ring (bicyclic) bond motifs is 3. The van der Waals surface area contributed by atoms with Gasteiger partial charge in [0.05, 0.1) is 0 Å².